The van der Waals surface area contributed by atoms with Gasteiger partial charge in [-0.3, -0.25) is 9.59 Å². The van der Waals surface area contributed by atoms with Crippen LogP contribution in [0.4, 0.5) is 0 Å². The number of carbonyl (C=O) groups excluding carboxylic acids is 2. The van der Waals surface area contributed by atoms with Crippen LogP contribution in [0.5, 0.6) is 0 Å². The highest BCUT2D eigenvalue weighted by Crippen LogP contribution is 2.37. The maximum Gasteiger partial charge on any atom is 0.251 e. The van der Waals surface area contributed by atoms with E-state index in [0.717, 1.165) is 32.1 Å². The summed E-state index contributed by atoms with van der Waals surface area (Å²) in [4.78, 5) is 24.3. The summed E-state index contributed by atoms with van der Waals surface area (Å²) in [5.41, 5.74) is 0.700. The molecule has 4 unspecified atom stereocenters. The number of benzene rings is 1. The lowest BCUT2D eigenvalue weighted by atomic mass is 9.70. The second-order valence-electron chi connectivity index (χ2n) is 6.94. The molecule has 2 fully saturated rings. The Bertz CT molecular complexity index is 558. The van der Waals surface area contributed by atoms with E-state index in [1.54, 1.807) is 0 Å². The molecule has 3 rings (SSSR count). The first-order valence-electron chi connectivity index (χ1n) is 8.82. The third-order valence-corrected chi connectivity index (χ3v) is 5.33. The summed E-state index contributed by atoms with van der Waals surface area (Å²) >= 11 is 0. The minimum absolute atomic E-state index is 0.0127. The van der Waals surface area contributed by atoms with Gasteiger partial charge >= 0.3 is 0 Å². The number of fused-ring (bicyclic) bond motifs is 1. The molecule has 1 heterocycles. The Balaban J connectivity index is 1.61. The van der Waals surface area contributed by atoms with Crippen molar-refractivity contribution in [2.45, 2.75) is 57.5 Å². The Kier molecular flexibility index (Phi) is 4.99. The lowest BCUT2D eigenvalue weighted by Gasteiger charge is -2.44. The highest BCUT2D eigenvalue weighted by molar-refractivity contribution is 5.94. The molecule has 1 aromatic carbocycles. The second-order valence-corrected chi connectivity index (χ2v) is 6.94. The van der Waals surface area contributed by atoms with E-state index in [9.17, 15) is 9.59 Å². The Morgan fingerprint density at radius 2 is 2.04 bits per heavy atom. The zero-order valence-corrected chi connectivity index (χ0v) is 13.8. The van der Waals surface area contributed by atoms with E-state index in [0.29, 0.717) is 23.8 Å². The summed E-state index contributed by atoms with van der Waals surface area (Å²) in [5, 5.41) is 6.30. The number of piperidine rings is 1. The van der Waals surface area contributed by atoms with Crippen LogP contribution in [-0.4, -0.2) is 23.9 Å². The molecule has 2 amide bonds. The Morgan fingerprint density at radius 3 is 2.78 bits per heavy atom. The summed E-state index contributed by atoms with van der Waals surface area (Å²) in [6.45, 7) is 2.19. The van der Waals surface area contributed by atoms with Crippen molar-refractivity contribution in [2.24, 2.45) is 11.8 Å². The number of carbonyl (C=O) groups is 2. The third-order valence-electron chi connectivity index (χ3n) is 5.33. The van der Waals surface area contributed by atoms with Gasteiger partial charge in [-0.15, -0.1) is 0 Å². The summed E-state index contributed by atoms with van der Waals surface area (Å²) in [7, 11) is 0. The molecule has 4 heteroatoms. The van der Waals surface area contributed by atoms with Crippen LogP contribution in [0.2, 0.25) is 0 Å². The molecule has 124 valence electrons. The summed E-state index contributed by atoms with van der Waals surface area (Å²) < 4.78 is 0. The van der Waals surface area contributed by atoms with E-state index >= 15 is 0 Å². The van der Waals surface area contributed by atoms with Gasteiger partial charge in [0.25, 0.3) is 5.91 Å². The van der Waals surface area contributed by atoms with Crippen molar-refractivity contribution < 1.29 is 9.59 Å². The Labute approximate surface area is 138 Å². The van der Waals surface area contributed by atoms with E-state index in [2.05, 4.69) is 17.6 Å². The predicted molar refractivity (Wildman–Crippen MR) is 90.0 cm³/mol. The molecule has 4 atom stereocenters. The van der Waals surface area contributed by atoms with Crippen molar-refractivity contribution in [3.8, 4) is 0 Å². The molecule has 23 heavy (non-hydrogen) atoms. The van der Waals surface area contributed by atoms with Gasteiger partial charge in [-0.05, 0) is 49.7 Å². The largest absolute Gasteiger partial charge is 0.353 e. The standard InChI is InChI=1S/C19H26N2O2/c1-2-6-14-11-18(22)21-17-12-15(9-10-16(14)17)20-19(23)13-7-4-3-5-8-13/h3-5,7-8,14-17H,2,6,9-12H2,1H3,(H,20,23)(H,21,22). The predicted octanol–water partition coefficient (Wildman–Crippen LogP) is 2.89. The van der Waals surface area contributed by atoms with Crippen molar-refractivity contribution in [3.05, 3.63) is 35.9 Å². The van der Waals surface area contributed by atoms with Gasteiger partial charge in [0.15, 0.2) is 0 Å². The van der Waals surface area contributed by atoms with Crippen LogP contribution in [-0.2, 0) is 4.79 Å². The van der Waals surface area contributed by atoms with Crippen LogP contribution in [0.25, 0.3) is 0 Å². The molecule has 0 bridgehead atoms. The minimum Gasteiger partial charge on any atom is -0.353 e. The van der Waals surface area contributed by atoms with Gasteiger partial charge in [0.05, 0.1) is 0 Å². The van der Waals surface area contributed by atoms with Gasteiger partial charge in [-0.1, -0.05) is 31.5 Å². The SMILES string of the molecule is CCCC1CC(=O)NC2CC(NC(=O)c3ccccc3)CCC12. The summed E-state index contributed by atoms with van der Waals surface area (Å²) in [6, 6.07) is 9.71. The van der Waals surface area contributed by atoms with Gasteiger partial charge in [-0.25, -0.2) is 0 Å². The molecule has 1 aliphatic carbocycles. The first-order valence-corrected chi connectivity index (χ1v) is 8.82. The van der Waals surface area contributed by atoms with Crippen molar-refractivity contribution >= 4 is 11.8 Å². The van der Waals surface area contributed by atoms with E-state index in [1.807, 2.05) is 30.3 Å². The van der Waals surface area contributed by atoms with Crippen molar-refractivity contribution in [1.29, 1.82) is 0 Å². The molecule has 1 aliphatic heterocycles. The molecule has 0 aromatic heterocycles. The maximum absolute atomic E-state index is 12.3. The normalized spacial score (nSPS) is 30.2. The molecular weight excluding hydrogens is 288 g/mol. The number of nitrogens with one attached hydrogen (secondary N) is 2. The van der Waals surface area contributed by atoms with Crippen molar-refractivity contribution in [3.63, 3.8) is 0 Å². The molecular formula is C19H26N2O2. The number of amides is 2. The first-order chi connectivity index (χ1) is 11.2. The number of hydrogen-bond donors (Lipinski definition) is 2. The lowest BCUT2D eigenvalue weighted by Crippen LogP contribution is -2.55. The molecule has 2 N–H and O–H groups in total. The Hall–Kier alpha value is -1.84. The van der Waals surface area contributed by atoms with Crippen LogP contribution in [0, 0.1) is 11.8 Å². The van der Waals surface area contributed by atoms with Crippen LogP contribution >= 0.6 is 0 Å². The highest BCUT2D eigenvalue weighted by Gasteiger charge is 2.40. The van der Waals surface area contributed by atoms with Gasteiger partial charge in [0.2, 0.25) is 5.91 Å². The van der Waals surface area contributed by atoms with Crippen LogP contribution < -0.4 is 10.6 Å². The van der Waals surface area contributed by atoms with Crippen LogP contribution in [0.15, 0.2) is 30.3 Å². The molecule has 0 spiro atoms. The first kappa shape index (κ1) is 16.0. The van der Waals surface area contributed by atoms with E-state index in [-0.39, 0.29) is 23.9 Å². The molecule has 0 radical (unpaired) electrons. The summed E-state index contributed by atoms with van der Waals surface area (Å²) in [5.74, 6) is 1.27. The number of rotatable bonds is 4. The van der Waals surface area contributed by atoms with Crippen molar-refractivity contribution in [1.82, 2.24) is 10.6 Å². The lowest BCUT2D eigenvalue weighted by molar-refractivity contribution is -0.127. The van der Waals surface area contributed by atoms with Gasteiger partial charge in [0.1, 0.15) is 0 Å². The maximum atomic E-state index is 12.3. The average Bonchev–Trinajstić information content (AvgIpc) is 2.55. The van der Waals surface area contributed by atoms with E-state index < -0.39 is 0 Å². The summed E-state index contributed by atoms with van der Waals surface area (Å²) in [6.07, 6.45) is 5.90. The smallest absolute Gasteiger partial charge is 0.251 e. The zero-order chi connectivity index (χ0) is 16.2. The van der Waals surface area contributed by atoms with E-state index in [4.69, 9.17) is 0 Å². The Morgan fingerprint density at radius 1 is 1.26 bits per heavy atom. The van der Waals surface area contributed by atoms with Crippen LogP contribution in [0.1, 0.15) is 55.8 Å². The van der Waals surface area contributed by atoms with E-state index in [1.165, 1.54) is 0 Å². The van der Waals surface area contributed by atoms with Gasteiger partial charge in [0, 0.05) is 24.1 Å². The molecule has 1 saturated heterocycles. The monoisotopic (exact) mass is 314 g/mol. The minimum atomic E-state index is -0.0127. The van der Waals surface area contributed by atoms with Crippen LogP contribution in [0.3, 0.4) is 0 Å². The fourth-order valence-electron chi connectivity index (χ4n) is 4.26. The zero-order valence-electron chi connectivity index (χ0n) is 13.8. The molecule has 2 aliphatic rings. The highest BCUT2D eigenvalue weighted by atomic mass is 16.2. The fourth-order valence-corrected chi connectivity index (χ4v) is 4.26. The number of hydrogen-bond acceptors (Lipinski definition) is 2. The van der Waals surface area contributed by atoms with Gasteiger partial charge in [-0.2, -0.15) is 0 Å². The fraction of sp³-hybridized carbons (Fsp3) is 0.579. The second kappa shape index (κ2) is 7.16. The van der Waals surface area contributed by atoms with Crippen molar-refractivity contribution in [2.75, 3.05) is 0 Å². The molecule has 4 nitrogen and oxygen atoms in total. The van der Waals surface area contributed by atoms with Gasteiger partial charge < -0.3 is 10.6 Å². The third kappa shape index (κ3) is 3.74. The molecule has 1 aromatic rings. The topological polar surface area (TPSA) is 58.2 Å². The molecule has 1 saturated carbocycles. The average molecular weight is 314 g/mol. The quantitative estimate of drug-likeness (QED) is 0.898.